The number of halogens is 3. The van der Waals surface area contributed by atoms with Crippen LogP contribution in [0.1, 0.15) is 41.1 Å². The van der Waals surface area contributed by atoms with Crippen LogP contribution in [0.3, 0.4) is 0 Å². The molecule has 0 spiro atoms. The summed E-state index contributed by atoms with van der Waals surface area (Å²) < 4.78 is 50.5. The zero-order valence-corrected chi connectivity index (χ0v) is 21.9. The molecule has 2 aliphatic heterocycles. The molecule has 41 heavy (non-hydrogen) atoms. The van der Waals surface area contributed by atoms with Crippen LogP contribution in [0.4, 0.5) is 18.9 Å². The molecule has 2 aromatic carbocycles. The van der Waals surface area contributed by atoms with Crippen molar-refractivity contribution >= 4 is 29.1 Å². The van der Waals surface area contributed by atoms with Crippen LogP contribution in [0.15, 0.2) is 64.3 Å². The summed E-state index contributed by atoms with van der Waals surface area (Å²) in [5.74, 6) is -5.27. The number of benzene rings is 2. The minimum atomic E-state index is -4.62. The number of nitrogens with one attached hydrogen (secondary N) is 1. The van der Waals surface area contributed by atoms with Crippen molar-refractivity contribution in [1.82, 2.24) is 10.5 Å². The Balaban J connectivity index is 1.56. The van der Waals surface area contributed by atoms with Gasteiger partial charge in [0.2, 0.25) is 18.0 Å². The molecule has 10 nitrogen and oxygen atoms in total. The normalized spacial score (nSPS) is 18.0. The number of alkyl halides is 3. The van der Waals surface area contributed by atoms with Crippen molar-refractivity contribution in [3.63, 3.8) is 0 Å². The van der Waals surface area contributed by atoms with Gasteiger partial charge in [-0.1, -0.05) is 47.6 Å². The SMILES string of the molecule is Cc1nocc1C(C(N)=O)C(CCC(F)(F)F)C(=O)NC1N=C(c2ccccc2)c2cccc3c2N(CCO3)C1=O. The first-order valence-corrected chi connectivity index (χ1v) is 12.8. The van der Waals surface area contributed by atoms with Gasteiger partial charge in [0.25, 0.3) is 5.91 Å². The van der Waals surface area contributed by atoms with Gasteiger partial charge in [0.1, 0.15) is 18.6 Å². The van der Waals surface area contributed by atoms with Crippen LogP contribution < -0.4 is 20.7 Å². The zero-order chi connectivity index (χ0) is 29.3. The summed E-state index contributed by atoms with van der Waals surface area (Å²) in [7, 11) is 0. The second-order valence-corrected chi connectivity index (χ2v) is 9.74. The van der Waals surface area contributed by atoms with Gasteiger partial charge < -0.3 is 25.2 Å². The minimum Gasteiger partial charge on any atom is -0.490 e. The van der Waals surface area contributed by atoms with Gasteiger partial charge >= 0.3 is 6.18 Å². The second kappa shape index (κ2) is 11.1. The van der Waals surface area contributed by atoms with E-state index in [4.69, 9.17) is 15.0 Å². The number of aryl methyl sites for hydroxylation is 1. The van der Waals surface area contributed by atoms with E-state index in [2.05, 4.69) is 15.5 Å². The predicted molar refractivity (Wildman–Crippen MR) is 140 cm³/mol. The highest BCUT2D eigenvalue weighted by molar-refractivity contribution is 6.21. The largest absolute Gasteiger partial charge is 0.490 e. The number of para-hydroxylation sites is 1. The third kappa shape index (κ3) is 5.65. The molecular formula is C28H26F3N5O5. The van der Waals surface area contributed by atoms with E-state index < -0.39 is 54.7 Å². The number of primary amides is 1. The Morgan fingerprint density at radius 3 is 2.59 bits per heavy atom. The molecule has 0 saturated heterocycles. The van der Waals surface area contributed by atoms with Gasteiger partial charge in [0.15, 0.2) is 0 Å². The molecule has 3 unspecified atom stereocenters. The number of nitrogens with two attached hydrogens (primary N) is 1. The first kappa shape index (κ1) is 27.9. The lowest BCUT2D eigenvalue weighted by Gasteiger charge is -2.31. The lowest BCUT2D eigenvalue weighted by atomic mass is 9.82. The van der Waals surface area contributed by atoms with Crippen LogP contribution in [0.25, 0.3) is 0 Å². The predicted octanol–water partition coefficient (Wildman–Crippen LogP) is 3.23. The molecule has 0 bridgehead atoms. The van der Waals surface area contributed by atoms with Crippen LogP contribution in [0.2, 0.25) is 0 Å². The van der Waals surface area contributed by atoms with Crippen LogP contribution in [0, 0.1) is 12.8 Å². The van der Waals surface area contributed by atoms with E-state index in [-0.39, 0.29) is 24.4 Å². The van der Waals surface area contributed by atoms with Gasteiger partial charge in [0.05, 0.1) is 35.5 Å². The number of amides is 3. The van der Waals surface area contributed by atoms with Gasteiger partial charge in [-0.2, -0.15) is 13.2 Å². The van der Waals surface area contributed by atoms with Gasteiger partial charge in [-0.05, 0) is 19.4 Å². The maximum Gasteiger partial charge on any atom is 0.389 e. The molecule has 0 aliphatic carbocycles. The van der Waals surface area contributed by atoms with Crippen molar-refractivity contribution in [2.45, 2.75) is 38.0 Å². The molecule has 214 valence electrons. The number of aromatic nitrogens is 1. The molecule has 0 fully saturated rings. The Morgan fingerprint density at radius 1 is 1.17 bits per heavy atom. The average Bonchev–Trinajstić information content (AvgIpc) is 3.31. The fourth-order valence-electron chi connectivity index (χ4n) is 5.19. The first-order chi connectivity index (χ1) is 19.5. The highest BCUT2D eigenvalue weighted by Gasteiger charge is 2.42. The lowest BCUT2D eigenvalue weighted by Crippen LogP contribution is -2.51. The third-order valence-corrected chi connectivity index (χ3v) is 7.09. The number of hydrogen-bond donors (Lipinski definition) is 2. The molecular weight excluding hydrogens is 543 g/mol. The standard InChI is InChI=1S/C28H26F3N5O5/c1-15-19(14-41-35-15)21(24(32)37)17(10-11-28(29,30)31)26(38)34-25-27(39)36-12-13-40-20-9-5-8-18(23(20)36)22(33-25)16-6-3-2-4-7-16/h2-9,14,17,21,25H,10-13H2,1H3,(H2,32,37)(H,34,38). The van der Waals surface area contributed by atoms with Crippen LogP contribution in [-0.2, 0) is 14.4 Å². The third-order valence-electron chi connectivity index (χ3n) is 7.09. The molecule has 5 rings (SSSR count). The van der Waals surface area contributed by atoms with Crippen molar-refractivity contribution in [1.29, 1.82) is 0 Å². The fraction of sp³-hybridized carbons (Fsp3) is 0.321. The number of hydrogen-bond acceptors (Lipinski definition) is 7. The molecule has 3 aromatic rings. The van der Waals surface area contributed by atoms with Gasteiger partial charge in [0, 0.05) is 23.1 Å². The molecule has 0 saturated carbocycles. The maximum absolute atomic E-state index is 13.8. The molecule has 0 radical (unpaired) electrons. The van der Waals surface area contributed by atoms with E-state index in [0.717, 1.165) is 6.26 Å². The number of nitrogens with zero attached hydrogens (tertiary/aromatic N) is 3. The van der Waals surface area contributed by atoms with Crippen molar-refractivity contribution in [2.75, 3.05) is 18.1 Å². The number of carbonyl (C=O) groups is 3. The summed E-state index contributed by atoms with van der Waals surface area (Å²) in [6.45, 7) is 1.83. The Labute approximate surface area is 232 Å². The van der Waals surface area contributed by atoms with Crippen molar-refractivity contribution in [3.05, 3.63) is 77.2 Å². The lowest BCUT2D eigenvalue weighted by molar-refractivity contribution is -0.144. The van der Waals surface area contributed by atoms with E-state index in [0.29, 0.717) is 28.3 Å². The second-order valence-electron chi connectivity index (χ2n) is 9.74. The number of rotatable bonds is 8. The maximum atomic E-state index is 13.8. The monoisotopic (exact) mass is 569 g/mol. The molecule has 3 heterocycles. The van der Waals surface area contributed by atoms with Crippen molar-refractivity contribution in [2.24, 2.45) is 16.6 Å². The average molecular weight is 570 g/mol. The van der Waals surface area contributed by atoms with E-state index in [1.807, 2.05) is 6.07 Å². The summed E-state index contributed by atoms with van der Waals surface area (Å²) in [5.41, 5.74) is 7.97. The minimum absolute atomic E-state index is 0.0886. The van der Waals surface area contributed by atoms with Crippen molar-refractivity contribution in [3.8, 4) is 5.75 Å². The van der Waals surface area contributed by atoms with Crippen LogP contribution in [-0.4, -0.2) is 54.1 Å². The highest BCUT2D eigenvalue weighted by Crippen LogP contribution is 2.39. The van der Waals surface area contributed by atoms with E-state index in [9.17, 15) is 27.6 Å². The molecule has 1 aromatic heterocycles. The molecule has 13 heteroatoms. The van der Waals surface area contributed by atoms with Crippen molar-refractivity contribution < 1.29 is 36.8 Å². The Hall–Kier alpha value is -4.68. The van der Waals surface area contributed by atoms with Gasteiger partial charge in [-0.25, -0.2) is 4.99 Å². The Bertz CT molecular complexity index is 1500. The number of anilines is 1. The summed E-state index contributed by atoms with van der Waals surface area (Å²) in [4.78, 5) is 46.1. The number of ether oxygens (including phenoxy) is 1. The van der Waals surface area contributed by atoms with Gasteiger partial charge in [-0.15, -0.1) is 0 Å². The zero-order valence-electron chi connectivity index (χ0n) is 21.9. The molecule has 2 aliphatic rings. The summed E-state index contributed by atoms with van der Waals surface area (Å²) in [6, 6.07) is 14.2. The highest BCUT2D eigenvalue weighted by atomic mass is 19.4. The Morgan fingerprint density at radius 2 is 1.93 bits per heavy atom. The van der Waals surface area contributed by atoms with E-state index in [1.165, 1.54) is 11.8 Å². The fourth-order valence-corrected chi connectivity index (χ4v) is 5.19. The summed E-state index contributed by atoms with van der Waals surface area (Å²) in [6.07, 6.45) is -7.19. The topological polar surface area (TPSA) is 140 Å². The summed E-state index contributed by atoms with van der Waals surface area (Å²) >= 11 is 0. The van der Waals surface area contributed by atoms with E-state index >= 15 is 0 Å². The molecule has 3 amide bonds. The first-order valence-electron chi connectivity index (χ1n) is 12.8. The number of carbonyl (C=O) groups excluding carboxylic acids is 3. The van der Waals surface area contributed by atoms with Crippen LogP contribution in [0.5, 0.6) is 5.75 Å². The van der Waals surface area contributed by atoms with E-state index in [1.54, 1.807) is 42.5 Å². The quantitative estimate of drug-likeness (QED) is 0.427. The number of aliphatic imine (C=N–C) groups is 1. The van der Waals surface area contributed by atoms with Gasteiger partial charge in [-0.3, -0.25) is 14.4 Å². The Kier molecular flexibility index (Phi) is 7.52. The van der Waals surface area contributed by atoms with Crippen LogP contribution >= 0.6 is 0 Å². The summed E-state index contributed by atoms with van der Waals surface area (Å²) in [5, 5.41) is 6.20. The molecule has 3 N–H and O–H groups in total. The molecule has 3 atom stereocenters. The smallest absolute Gasteiger partial charge is 0.389 e.